The minimum Gasteiger partial charge on any atom is -0.398 e. The molecule has 2 nitrogen and oxygen atoms in total. The topological polar surface area (TPSA) is 38.9 Å². The molecule has 2 aromatic rings. The summed E-state index contributed by atoms with van der Waals surface area (Å²) in [6.45, 7) is 4.21. The number of pyridine rings is 1. The molecule has 1 heterocycles. The lowest BCUT2D eigenvalue weighted by atomic mass is 10.0. The van der Waals surface area contributed by atoms with E-state index in [0.717, 1.165) is 29.8 Å². The minimum atomic E-state index is 0.803. The number of aryl methyl sites for hydroxylation is 2. The Morgan fingerprint density at radius 1 is 1.18 bits per heavy atom. The van der Waals surface area contributed by atoms with Crippen LogP contribution >= 0.6 is 0 Å². The van der Waals surface area contributed by atoms with Crippen LogP contribution in [0.2, 0.25) is 0 Å². The van der Waals surface area contributed by atoms with Gasteiger partial charge in [-0.15, -0.1) is 0 Å². The average Bonchev–Trinajstić information content (AvgIpc) is 2.35. The highest BCUT2D eigenvalue weighted by Crippen LogP contribution is 2.17. The number of nitrogens with zero attached hydrogens (tertiary/aromatic N) is 1. The third kappa shape index (κ3) is 2.84. The van der Waals surface area contributed by atoms with E-state index < -0.39 is 0 Å². The van der Waals surface area contributed by atoms with Crippen LogP contribution in [0.1, 0.15) is 29.3 Å². The summed E-state index contributed by atoms with van der Waals surface area (Å²) < 4.78 is 0. The maximum atomic E-state index is 5.97. The summed E-state index contributed by atoms with van der Waals surface area (Å²) in [5.74, 6) is 0. The number of rotatable bonds is 3. The summed E-state index contributed by atoms with van der Waals surface area (Å²) in [6.07, 6.45) is 3.78. The van der Waals surface area contributed by atoms with Gasteiger partial charge in [-0.2, -0.15) is 0 Å². The average molecular weight is 226 g/mol. The Hall–Kier alpha value is -1.83. The summed E-state index contributed by atoms with van der Waals surface area (Å²) in [5.41, 5.74) is 11.5. The second-order valence-electron chi connectivity index (χ2n) is 4.39. The van der Waals surface area contributed by atoms with E-state index in [1.807, 2.05) is 18.3 Å². The van der Waals surface area contributed by atoms with Crippen LogP contribution in [0.3, 0.4) is 0 Å². The van der Waals surface area contributed by atoms with Crippen molar-refractivity contribution in [3.8, 4) is 0 Å². The molecule has 0 saturated carbocycles. The van der Waals surface area contributed by atoms with Gasteiger partial charge in [-0.25, -0.2) is 0 Å². The van der Waals surface area contributed by atoms with Gasteiger partial charge >= 0.3 is 0 Å². The Labute approximate surface area is 103 Å². The van der Waals surface area contributed by atoms with Crippen molar-refractivity contribution in [3.63, 3.8) is 0 Å². The van der Waals surface area contributed by atoms with E-state index in [2.05, 4.69) is 37.0 Å². The number of hydrogen-bond donors (Lipinski definition) is 1. The largest absolute Gasteiger partial charge is 0.398 e. The summed E-state index contributed by atoms with van der Waals surface area (Å²) in [6, 6.07) is 10.3. The first-order valence-corrected chi connectivity index (χ1v) is 5.98. The summed E-state index contributed by atoms with van der Waals surface area (Å²) >= 11 is 0. The molecule has 0 aliphatic carbocycles. The first-order chi connectivity index (χ1) is 8.19. The monoisotopic (exact) mass is 226 g/mol. The van der Waals surface area contributed by atoms with Gasteiger partial charge in [-0.05, 0) is 36.6 Å². The molecule has 1 aromatic heterocycles. The Morgan fingerprint density at radius 3 is 2.65 bits per heavy atom. The molecule has 0 unspecified atom stereocenters. The van der Waals surface area contributed by atoms with Crippen LogP contribution in [-0.2, 0) is 12.8 Å². The maximum Gasteiger partial charge on any atom is 0.0448 e. The lowest BCUT2D eigenvalue weighted by Gasteiger charge is -2.07. The lowest BCUT2D eigenvalue weighted by molar-refractivity contribution is 1.03. The van der Waals surface area contributed by atoms with Gasteiger partial charge in [0, 0.05) is 24.0 Å². The van der Waals surface area contributed by atoms with Crippen molar-refractivity contribution in [2.24, 2.45) is 0 Å². The van der Waals surface area contributed by atoms with Gasteiger partial charge in [0.05, 0.1) is 0 Å². The lowest BCUT2D eigenvalue weighted by Crippen LogP contribution is -1.98. The Bertz CT molecular complexity index is 501. The van der Waals surface area contributed by atoms with Gasteiger partial charge in [0.2, 0.25) is 0 Å². The van der Waals surface area contributed by atoms with Crippen LogP contribution in [0.5, 0.6) is 0 Å². The van der Waals surface area contributed by atoms with E-state index in [4.69, 9.17) is 5.73 Å². The highest BCUT2D eigenvalue weighted by Gasteiger charge is 2.02. The summed E-state index contributed by atoms with van der Waals surface area (Å²) in [5, 5.41) is 0. The predicted molar refractivity (Wildman–Crippen MR) is 72.0 cm³/mol. The van der Waals surface area contributed by atoms with Gasteiger partial charge in [-0.1, -0.05) is 30.7 Å². The molecular formula is C15H18N2. The van der Waals surface area contributed by atoms with Crippen molar-refractivity contribution in [2.75, 3.05) is 5.73 Å². The molecule has 0 saturated heterocycles. The number of nitrogens with two attached hydrogens (primary N) is 1. The fourth-order valence-electron chi connectivity index (χ4n) is 1.85. The first-order valence-electron chi connectivity index (χ1n) is 5.98. The molecule has 0 radical (unpaired) electrons. The third-order valence-corrected chi connectivity index (χ3v) is 2.96. The van der Waals surface area contributed by atoms with Crippen LogP contribution in [-0.4, -0.2) is 4.98 Å². The van der Waals surface area contributed by atoms with Crippen LogP contribution in [0, 0.1) is 6.92 Å². The molecule has 0 spiro atoms. The highest BCUT2D eigenvalue weighted by molar-refractivity contribution is 5.49. The molecule has 0 aliphatic heterocycles. The summed E-state index contributed by atoms with van der Waals surface area (Å²) in [4.78, 5) is 4.46. The zero-order valence-electron chi connectivity index (χ0n) is 10.4. The van der Waals surface area contributed by atoms with Crippen LogP contribution < -0.4 is 5.73 Å². The molecule has 1 aromatic carbocycles. The van der Waals surface area contributed by atoms with Gasteiger partial charge < -0.3 is 5.73 Å². The zero-order valence-corrected chi connectivity index (χ0v) is 10.4. The fourth-order valence-corrected chi connectivity index (χ4v) is 1.85. The van der Waals surface area contributed by atoms with E-state index in [9.17, 15) is 0 Å². The van der Waals surface area contributed by atoms with E-state index >= 15 is 0 Å². The third-order valence-electron chi connectivity index (χ3n) is 2.96. The second kappa shape index (κ2) is 5.00. The van der Waals surface area contributed by atoms with Crippen molar-refractivity contribution in [2.45, 2.75) is 26.7 Å². The van der Waals surface area contributed by atoms with Gasteiger partial charge in [0.15, 0.2) is 0 Å². The normalized spacial score (nSPS) is 10.5. The second-order valence-corrected chi connectivity index (χ2v) is 4.39. The Kier molecular flexibility index (Phi) is 3.43. The molecule has 0 atom stereocenters. The standard InChI is InChI=1S/C15H18N2/c1-3-12-5-6-14(17-10-12)9-13-8-11(2)4-7-15(13)16/h4-8,10H,3,9,16H2,1-2H3. The van der Waals surface area contributed by atoms with Crippen molar-refractivity contribution in [3.05, 3.63) is 58.9 Å². The van der Waals surface area contributed by atoms with Crippen molar-refractivity contribution in [1.82, 2.24) is 4.98 Å². The smallest absolute Gasteiger partial charge is 0.0448 e. The number of nitrogen functional groups attached to an aromatic ring is 1. The molecule has 0 fully saturated rings. The van der Waals surface area contributed by atoms with Gasteiger partial charge in [0.25, 0.3) is 0 Å². The van der Waals surface area contributed by atoms with Crippen molar-refractivity contribution in [1.29, 1.82) is 0 Å². The molecular weight excluding hydrogens is 208 g/mol. The van der Waals surface area contributed by atoms with Gasteiger partial charge in [-0.3, -0.25) is 4.98 Å². The number of aromatic nitrogens is 1. The zero-order chi connectivity index (χ0) is 12.3. The molecule has 2 N–H and O–H groups in total. The van der Waals surface area contributed by atoms with E-state index in [-0.39, 0.29) is 0 Å². The van der Waals surface area contributed by atoms with Crippen LogP contribution in [0.4, 0.5) is 5.69 Å². The van der Waals surface area contributed by atoms with E-state index in [1.54, 1.807) is 0 Å². The van der Waals surface area contributed by atoms with E-state index in [0.29, 0.717) is 0 Å². The van der Waals surface area contributed by atoms with Crippen molar-refractivity contribution < 1.29 is 0 Å². The number of benzene rings is 1. The predicted octanol–water partition coefficient (Wildman–Crippen LogP) is 3.13. The van der Waals surface area contributed by atoms with Gasteiger partial charge in [0.1, 0.15) is 0 Å². The van der Waals surface area contributed by atoms with Crippen molar-refractivity contribution >= 4 is 5.69 Å². The summed E-state index contributed by atoms with van der Waals surface area (Å²) in [7, 11) is 0. The molecule has 0 amide bonds. The Balaban J connectivity index is 2.22. The van der Waals surface area contributed by atoms with Crippen LogP contribution in [0.25, 0.3) is 0 Å². The maximum absolute atomic E-state index is 5.97. The SMILES string of the molecule is CCc1ccc(Cc2cc(C)ccc2N)nc1. The number of anilines is 1. The molecule has 0 aliphatic rings. The molecule has 17 heavy (non-hydrogen) atoms. The highest BCUT2D eigenvalue weighted by atomic mass is 14.7. The Morgan fingerprint density at radius 2 is 2.00 bits per heavy atom. The molecule has 0 bridgehead atoms. The molecule has 2 heteroatoms. The quantitative estimate of drug-likeness (QED) is 0.817. The minimum absolute atomic E-state index is 0.803. The van der Waals surface area contributed by atoms with E-state index in [1.165, 1.54) is 11.1 Å². The number of hydrogen-bond acceptors (Lipinski definition) is 2. The fraction of sp³-hybridized carbons (Fsp3) is 0.267. The molecule has 2 rings (SSSR count). The first kappa shape index (κ1) is 11.6. The van der Waals surface area contributed by atoms with Crippen LogP contribution in [0.15, 0.2) is 36.5 Å². The molecule has 88 valence electrons.